The van der Waals surface area contributed by atoms with Crippen LogP contribution >= 0.6 is 0 Å². The van der Waals surface area contributed by atoms with Crippen molar-refractivity contribution in [3.63, 3.8) is 0 Å². The zero-order valence-electron chi connectivity index (χ0n) is 16.3. The van der Waals surface area contributed by atoms with Crippen LogP contribution in [0.25, 0.3) is 0 Å². The third-order valence-electron chi connectivity index (χ3n) is 6.09. The van der Waals surface area contributed by atoms with Crippen molar-refractivity contribution >= 4 is 5.43 Å². The Morgan fingerprint density at radius 2 is 1.28 bits per heavy atom. The second-order valence-corrected chi connectivity index (χ2v) is 26.0. The van der Waals surface area contributed by atoms with Gasteiger partial charge < -0.3 is 5.11 Å². The first-order valence-corrected chi connectivity index (χ1v) is 19.3. The summed E-state index contributed by atoms with van der Waals surface area (Å²) in [6.45, 7) is 7.22. The molecule has 4 rings (SSSR count). The van der Waals surface area contributed by atoms with Gasteiger partial charge in [-0.2, -0.15) is 0 Å². The summed E-state index contributed by atoms with van der Waals surface area (Å²) in [4.78, 5) is 0. The summed E-state index contributed by atoms with van der Waals surface area (Å²) in [5, 5.41) is 7.57. The van der Waals surface area contributed by atoms with E-state index in [0.717, 1.165) is 7.25 Å². The Labute approximate surface area is 162 Å². The van der Waals surface area contributed by atoms with Gasteiger partial charge in [0.2, 0.25) is 0 Å². The fourth-order valence-corrected chi connectivity index (χ4v) is 24.6. The van der Waals surface area contributed by atoms with Crippen LogP contribution in [0.5, 0.6) is 0 Å². The minimum atomic E-state index is -1.48. The summed E-state index contributed by atoms with van der Waals surface area (Å²) >= 11 is -1.48. The Hall–Kier alpha value is 0.0200. The van der Waals surface area contributed by atoms with Crippen molar-refractivity contribution in [2.45, 2.75) is 78.6 Å². The van der Waals surface area contributed by atoms with E-state index in [4.69, 9.17) is 5.11 Å². The van der Waals surface area contributed by atoms with E-state index >= 15 is 0 Å². The first-order chi connectivity index (χ1) is 12.2. The van der Waals surface area contributed by atoms with Crippen molar-refractivity contribution in [2.75, 3.05) is 6.61 Å². The molecule has 1 nitrogen and oxygen atoms in total. The predicted octanol–water partition coefficient (Wildman–Crippen LogP) is 6.31. The van der Waals surface area contributed by atoms with Gasteiger partial charge >= 0.3 is 144 Å². The summed E-state index contributed by atoms with van der Waals surface area (Å²) in [6.07, 6.45) is 21.8. The van der Waals surface area contributed by atoms with E-state index in [0.29, 0.717) is 0 Å². The van der Waals surface area contributed by atoms with Crippen LogP contribution < -0.4 is 0 Å². The van der Waals surface area contributed by atoms with Gasteiger partial charge in [-0.05, 0) is 6.92 Å². The molecule has 4 aliphatic rings. The fourth-order valence-electron chi connectivity index (χ4n) is 5.05. The van der Waals surface area contributed by atoms with Crippen molar-refractivity contribution < 1.29 is 25.5 Å². The van der Waals surface area contributed by atoms with Crippen LogP contribution in [0.2, 0.25) is 20.3 Å². The molecule has 0 aromatic rings. The molecule has 136 valence electrons. The van der Waals surface area contributed by atoms with Crippen LogP contribution in [-0.2, 0) is 20.4 Å². The molecular formula is C22H34OSiZr. The average molecular weight is 434 g/mol. The standard InChI is InChI=1S/2C9H11.C2H6O.C2H6Si.Zr/c2*1-2-5-9-7-3-6-8(9)4-1;1-2-3;1-3-2;/h2*3,6-7H,1-2,4-5H2;3H,2H2,1H3;1-2H3;. The van der Waals surface area contributed by atoms with Gasteiger partial charge in [0.05, 0.1) is 0 Å². The predicted molar refractivity (Wildman–Crippen MR) is 107 cm³/mol. The van der Waals surface area contributed by atoms with Crippen LogP contribution in [-0.4, -0.2) is 17.1 Å². The fraction of sp³-hybridized carbons (Fsp3) is 0.636. The number of allylic oxidation sites excluding steroid dienone is 8. The molecule has 0 aliphatic heterocycles. The first-order valence-electron chi connectivity index (χ1n) is 10.3. The van der Waals surface area contributed by atoms with Crippen LogP contribution in [0.15, 0.2) is 46.6 Å². The number of aliphatic hydroxyl groups excluding tert-OH is 1. The molecule has 0 amide bonds. The first kappa shape index (κ1) is 19.8. The monoisotopic (exact) mass is 432 g/mol. The van der Waals surface area contributed by atoms with Crippen molar-refractivity contribution in [2.24, 2.45) is 0 Å². The summed E-state index contributed by atoms with van der Waals surface area (Å²) in [5.41, 5.74) is 7.25. The van der Waals surface area contributed by atoms with Gasteiger partial charge in [-0.25, -0.2) is 0 Å². The summed E-state index contributed by atoms with van der Waals surface area (Å²) < 4.78 is 1.93. The molecule has 0 spiro atoms. The van der Waals surface area contributed by atoms with Gasteiger partial charge in [0.1, 0.15) is 0 Å². The molecule has 0 radical (unpaired) electrons. The number of hydrogen-bond acceptors (Lipinski definition) is 1. The molecule has 0 heterocycles. The number of rotatable bonds is 2. The summed E-state index contributed by atoms with van der Waals surface area (Å²) in [7, 11) is 0. The zero-order chi connectivity index (χ0) is 17.8. The summed E-state index contributed by atoms with van der Waals surface area (Å²) in [5.74, 6) is 0. The Morgan fingerprint density at radius 1 is 0.880 bits per heavy atom. The molecule has 25 heavy (non-hydrogen) atoms. The van der Waals surface area contributed by atoms with E-state index in [1.807, 2.05) is 11.1 Å². The number of aliphatic hydroxyl groups is 1. The summed E-state index contributed by atoms with van der Waals surface area (Å²) in [6, 6.07) is 0. The average Bonchev–Trinajstić information content (AvgIpc) is 3.21. The second kappa shape index (κ2) is 9.29. The van der Waals surface area contributed by atoms with Crippen molar-refractivity contribution in [1.82, 2.24) is 0 Å². The van der Waals surface area contributed by atoms with Gasteiger partial charge in [-0.15, -0.1) is 0 Å². The van der Waals surface area contributed by atoms with Crippen LogP contribution in [0.1, 0.15) is 58.3 Å². The Morgan fingerprint density at radius 3 is 1.68 bits per heavy atom. The van der Waals surface area contributed by atoms with Gasteiger partial charge in [0, 0.05) is 6.61 Å². The van der Waals surface area contributed by atoms with Gasteiger partial charge in [0.15, 0.2) is 0 Å². The molecule has 1 N–H and O–H groups in total. The van der Waals surface area contributed by atoms with Crippen LogP contribution in [0.4, 0.5) is 0 Å². The SMILES string of the molecule is CCO.C[Si](C)=[Zr]([CH]1C=CC2=C1CCCC2)[CH]1C=CC2=C1CCCC2. The van der Waals surface area contributed by atoms with E-state index in [1.54, 1.807) is 18.1 Å². The van der Waals surface area contributed by atoms with Gasteiger partial charge in [-0.3, -0.25) is 0 Å². The minimum absolute atomic E-state index is 0.112. The molecule has 3 heteroatoms. The van der Waals surface area contributed by atoms with Crippen molar-refractivity contribution in [3.05, 3.63) is 46.6 Å². The molecule has 2 atom stereocenters. The third kappa shape index (κ3) is 4.30. The second-order valence-electron chi connectivity index (χ2n) is 7.96. The molecule has 0 aromatic carbocycles. The molecular weight excluding hydrogens is 400 g/mol. The van der Waals surface area contributed by atoms with Crippen molar-refractivity contribution in [3.8, 4) is 0 Å². The molecule has 0 fully saturated rings. The Bertz CT molecular complexity index is 612. The third-order valence-corrected chi connectivity index (χ3v) is 25.4. The Kier molecular flexibility index (Phi) is 7.35. The maximum atomic E-state index is 7.57. The molecule has 0 saturated carbocycles. The van der Waals surface area contributed by atoms with E-state index < -0.39 is 20.4 Å². The molecule has 0 saturated heterocycles. The van der Waals surface area contributed by atoms with E-state index in [-0.39, 0.29) is 12.0 Å². The topological polar surface area (TPSA) is 20.2 Å². The normalized spacial score (nSPS) is 27.0. The number of hydrogen-bond donors (Lipinski definition) is 1. The zero-order valence-corrected chi connectivity index (χ0v) is 19.7. The van der Waals surface area contributed by atoms with Gasteiger partial charge in [-0.1, -0.05) is 0 Å². The molecule has 0 aromatic heterocycles. The van der Waals surface area contributed by atoms with Crippen molar-refractivity contribution in [1.29, 1.82) is 0 Å². The Balaban J connectivity index is 0.000000569. The maximum absolute atomic E-state index is 7.57. The molecule has 0 bridgehead atoms. The molecule has 2 unspecified atom stereocenters. The molecule has 4 aliphatic carbocycles. The van der Waals surface area contributed by atoms with E-state index in [9.17, 15) is 0 Å². The van der Waals surface area contributed by atoms with Gasteiger partial charge in [0.25, 0.3) is 0 Å². The van der Waals surface area contributed by atoms with Crippen LogP contribution in [0.3, 0.4) is 0 Å². The van der Waals surface area contributed by atoms with E-state index in [1.165, 1.54) is 51.4 Å². The van der Waals surface area contributed by atoms with E-state index in [2.05, 4.69) is 37.4 Å². The van der Waals surface area contributed by atoms with Crippen LogP contribution in [0, 0.1) is 0 Å². The quantitative estimate of drug-likeness (QED) is 0.506.